The Labute approximate surface area is 524 Å². The van der Waals surface area contributed by atoms with Gasteiger partial charge in [-0.2, -0.15) is 19.9 Å². The first-order valence-corrected chi connectivity index (χ1v) is 31.7. The summed E-state index contributed by atoms with van der Waals surface area (Å²) in [7, 11) is 2.14. The molecule has 0 amide bonds. The molecular weight excluding hydrogens is 1170 g/mol. The Balaban J connectivity index is 0.000000167. The molecule has 4 aliphatic heterocycles. The molecule has 91 heavy (non-hydrogen) atoms. The number of hydrogen-bond acceptors (Lipinski definition) is 16. The number of aromatic nitrogens is 6. The van der Waals surface area contributed by atoms with Crippen molar-refractivity contribution in [1.29, 1.82) is 0 Å². The number of fused-ring (bicyclic) bond motifs is 6. The van der Waals surface area contributed by atoms with Gasteiger partial charge in [0.25, 0.3) is 0 Å². The Morgan fingerprint density at radius 2 is 1.14 bits per heavy atom. The third-order valence-electron chi connectivity index (χ3n) is 20.2. The van der Waals surface area contributed by atoms with Gasteiger partial charge >= 0.3 is 12.0 Å². The van der Waals surface area contributed by atoms with Crippen LogP contribution in [0.3, 0.4) is 0 Å². The van der Waals surface area contributed by atoms with E-state index in [-0.39, 0.29) is 102 Å². The number of phenols is 2. The number of β-amino-alcohol motifs (C(OH)–C–C–N with tert-alkyl or cyclic N) is 1. The Bertz CT molecular complexity index is 4220. The molecule has 14 rings (SSSR count). The highest BCUT2D eigenvalue weighted by Crippen LogP contribution is 2.50. The number of aromatic hydroxyl groups is 2. The number of benzene rings is 4. The first kappa shape index (κ1) is 61.6. The average Bonchev–Trinajstić information content (AvgIpc) is 1.39. The summed E-state index contributed by atoms with van der Waals surface area (Å²) in [5, 5.41) is 34.0. The molecule has 8 heterocycles. The van der Waals surface area contributed by atoms with E-state index >= 15 is 8.78 Å². The summed E-state index contributed by atoms with van der Waals surface area (Å²) in [6.45, 7) is 8.07. The van der Waals surface area contributed by atoms with Gasteiger partial charge in [0.15, 0.2) is 11.6 Å². The van der Waals surface area contributed by atoms with Crippen LogP contribution < -0.4 is 19.3 Å². The predicted octanol–water partition coefficient (Wildman–Crippen LogP) is 11.8. The monoisotopic (exact) mass is 1240 g/mol. The minimum absolute atomic E-state index is 0.0152. The van der Waals surface area contributed by atoms with Gasteiger partial charge in [0.2, 0.25) is 0 Å². The van der Waals surface area contributed by atoms with Crippen LogP contribution in [0.2, 0.25) is 0 Å². The normalized spacial score (nSPS) is 23.8. The molecule has 8 aromatic rings. The molecule has 3 N–H and O–H groups in total. The van der Waals surface area contributed by atoms with Gasteiger partial charge in [-0.15, -0.1) is 12.8 Å². The number of ether oxygens (including phenoxy) is 3. The highest BCUT2D eigenvalue weighted by molar-refractivity contribution is 6.04. The van der Waals surface area contributed by atoms with Crippen molar-refractivity contribution in [3.05, 3.63) is 95.3 Å². The number of halogens is 5. The molecule has 4 aromatic carbocycles. The Morgan fingerprint density at radius 3 is 1.70 bits per heavy atom. The van der Waals surface area contributed by atoms with E-state index in [1.807, 2.05) is 0 Å². The van der Waals surface area contributed by atoms with Crippen molar-refractivity contribution in [2.75, 3.05) is 95.8 Å². The number of pyridine rings is 2. The fraction of sp³-hybridized carbons (Fsp3) is 0.457. The molecule has 4 saturated heterocycles. The predicted molar refractivity (Wildman–Crippen MR) is 339 cm³/mol. The standard InChI is InChI=1S/C35H36F3N5O3.C35H37F2N5O3/c1-3-23-26(37)9-8-21-15-22(44)16-24(28(21)23)30-29(38)31-25(17-39-30)32(43-14-6-12-35(45,18-36)19-43)41-33(40-31)46-20-34-10-4-7-27(34)42(2)13-5-11-34;1-3-24-27(36)10-9-22-18-23(43)19-25(29(22)24)31-30(37)32-26(20-38-31)33(42-14-7-16-44-17-15-42)40-34(39-32)45-21-35-11-5-8-28(35)41(4-2)13-6-12-35/h1,8-9,15-17,27,44-45H,4-7,10-14,18-20H2,2H3;1,9-10,18-20,28,43H,4-8,11-17,21H2,2H3. The lowest BCUT2D eigenvalue weighted by Crippen LogP contribution is -2.51. The molecule has 21 heteroatoms. The zero-order valence-corrected chi connectivity index (χ0v) is 51.2. The molecule has 16 nitrogen and oxygen atoms in total. The van der Waals surface area contributed by atoms with E-state index in [1.165, 1.54) is 60.9 Å². The minimum atomic E-state index is -1.57. The lowest BCUT2D eigenvalue weighted by atomic mass is 9.75. The molecule has 2 saturated carbocycles. The van der Waals surface area contributed by atoms with Gasteiger partial charge in [-0.05, 0) is 144 Å². The van der Waals surface area contributed by atoms with Crippen LogP contribution in [-0.4, -0.2) is 159 Å². The van der Waals surface area contributed by atoms with Gasteiger partial charge < -0.3 is 44.2 Å². The molecule has 2 aliphatic carbocycles. The van der Waals surface area contributed by atoms with Crippen molar-refractivity contribution in [2.45, 2.75) is 108 Å². The van der Waals surface area contributed by atoms with Crippen LogP contribution in [0.5, 0.6) is 23.5 Å². The van der Waals surface area contributed by atoms with Crippen molar-refractivity contribution >= 4 is 55.0 Å². The quantitative estimate of drug-likeness (QED) is 0.0776. The van der Waals surface area contributed by atoms with Crippen LogP contribution in [0, 0.1) is 58.8 Å². The summed E-state index contributed by atoms with van der Waals surface area (Å²) in [4.78, 5) is 36.4. The van der Waals surface area contributed by atoms with Gasteiger partial charge in [0.05, 0.1) is 48.3 Å². The summed E-state index contributed by atoms with van der Waals surface area (Å²) >= 11 is 0. The molecule has 474 valence electrons. The number of nitrogens with zero attached hydrogens (tertiary/aromatic N) is 10. The van der Waals surface area contributed by atoms with E-state index < -0.39 is 35.5 Å². The Morgan fingerprint density at radius 1 is 0.626 bits per heavy atom. The molecular formula is C70H73F5N10O6. The third-order valence-corrected chi connectivity index (χ3v) is 20.2. The fourth-order valence-corrected chi connectivity index (χ4v) is 15.9. The second-order valence-electron chi connectivity index (χ2n) is 25.6. The second kappa shape index (κ2) is 25.1. The maximum Gasteiger partial charge on any atom is 0.319 e. The smallest absolute Gasteiger partial charge is 0.319 e. The van der Waals surface area contributed by atoms with Crippen LogP contribution in [0.1, 0.15) is 102 Å². The highest BCUT2D eigenvalue weighted by Gasteiger charge is 2.49. The number of terminal acetylenes is 2. The van der Waals surface area contributed by atoms with Crippen LogP contribution in [0.4, 0.5) is 33.6 Å². The summed E-state index contributed by atoms with van der Waals surface area (Å²) < 4.78 is 95.6. The van der Waals surface area contributed by atoms with Crippen LogP contribution in [-0.2, 0) is 4.74 Å². The van der Waals surface area contributed by atoms with Crippen molar-refractivity contribution < 1.29 is 51.5 Å². The second-order valence-corrected chi connectivity index (χ2v) is 25.6. The van der Waals surface area contributed by atoms with Gasteiger partial charge in [-0.3, -0.25) is 14.9 Å². The zero-order valence-electron chi connectivity index (χ0n) is 51.2. The van der Waals surface area contributed by atoms with Crippen molar-refractivity contribution in [1.82, 2.24) is 39.7 Å². The minimum Gasteiger partial charge on any atom is -0.508 e. The topological polar surface area (TPSA) is 179 Å². The van der Waals surface area contributed by atoms with E-state index in [0.29, 0.717) is 98.3 Å². The maximum atomic E-state index is 16.8. The summed E-state index contributed by atoms with van der Waals surface area (Å²) in [5.41, 5.74) is -1.79. The van der Waals surface area contributed by atoms with Crippen LogP contribution in [0.25, 0.3) is 65.9 Å². The number of anilines is 2. The number of piperidine rings is 3. The molecule has 0 radical (unpaired) electrons. The molecule has 0 bridgehead atoms. The lowest BCUT2D eigenvalue weighted by molar-refractivity contribution is 0.00248. The summed E-state index contributed by atoms with van der Waals surface area (Å²) in [6.07, 6.45) is 26.7. The lowest BCUT2D eigenvalue weighted by Gasteiger charge is -2.45. The Hall–Kier alpha value is -8.21. The van der Waals surface area contributed by atoms with Gasteiger partial charge in [-0.25, -0.2) is 22.0 Å². The average molecular weight is 1250 g/mol. The van der Waals surface area contributed by atoms with Gasteiger partial charge in [0, 0.05) is 83.4 Å². The van der Waals surface area contributed by atoms with Crippen molar-refractivity contribution in [3.8, 4) is 70.7 Å². The number of likely N-dealkylation sites (tertiary alicyclic amines) is 2. The SMILES string of the molecule is C#Cc1c(F)ccc2cc(O)cc(-c3ncc4c(N5CCCC(O)(CF)C5)nc(OCC56CCCC5N(C)CCC6)nc4c3F)c12.C#Cc1c(F)ccc2cc(O)cc(-c3ncc4c(N5CCCOCC5)nc(OCC56CCCC5N(CC)CCC6)nc4c3F)c12. The zero-order chi connectivity index (χ0) is 63.3. The van der Waals surface area contributed by atoms with E-state index in [2.05, 4.69) is 60.4 Å². The number of phenolic OH excluding ortho intramolecular Hbond substituents is 2. The largest absolute Gasteiger partial charge is 0.508 e. The maximum absolute atomic E-state index is 16.8. The third kappa shape index (κ3) is 11.4. The van der Waals surface area contributed by atoms with E-state index in [9.17, 15) is 28.5 Å². The molecule has 6 aliphatic rings. The van der Waals surface area contributed by atoms with Crippen LogP contribution >= 0.6 is 0 Å². The van der Waals surface area contributed by atoms with E-state index in [1.54, 1.807) is 4.90 Å². The van der Waals surface area contributed by atoms with E-state index in [0.717, 1.165) is 90.3 Å². The van der Waals surface area contributed by atoms with Gasteiger partial charge in [-0.1, -0.05) is 43.7 Å². The fourth-order valence-electron chi connectivity index (χ4n) is 15.9. The molecule has 0 spiro atoms. The first-order valence-electron chi connectivity index (χ1n) is 31.7. The number of hydrogen-bond donors (Lipinski definition) is 3. The molecule has 5 unspecified atom stereocenters. The highest BCUT2D eigenvalue weighted by atomic mass is 19.1. The number of rotatable bonds is 12. The number of aliphatic hydroxyl groups is 1. The van der Waals surface area contributed by atoms with Crippen molar-refractivity contribution in [2.24, 2.45) is 10.8 Å². The molecule has 5 atom stereocenters. The number of alkyl halides is 1. The van der Waals surface area contributed by atoms with Crippen LogP contribution in [0.15, 0.2) is 60.9 Å². The molecule has 6 fully saturated rings. The first-order chi connectivity index (χ1) is 44.1. The summed E-state index contributed by atoms with van der Waals surface area (Å²) in [6, 6.07) is 11.8. The van der Waals surface area contributed by atoms with Crippen molar-refractivity contribution in [3.63, 3.8) is 0 Å². The van der Waals surface area contributed by atoms with Gasteiger partial charge in [0.1, 0.15) is 69.5 Å². The molecule has 4 aromatic heterocycles. The van der Waals surface area contributed by atoms with E-state index in [4.69, 9.17) is 37.0 Å². The summed E-state index contributed by atoms with van der Waals surface area (Å²) in [5.74, 6) is 2.43. The Kier molecular flexibility index (Phi) is 17.0.